The third kappa shape index (κ3) is 2.03. The molecule has 0 aliphatic heterocycles. The van der Waals surface area contributed by atoms with Gasteiger partial charge in [0, 0.05) is 0 Å². The predicted molar refractivity (Wildman–Crippen MR) is 37.0 cm³/mol. The highest BCUT2D eigenvalue weighted by molar-refractivity contribution is 5.92. The fraction of sp³-hybridized carbons (Fsp3) is 0.500. The van der Waals surface area contributed by atoms with Crippen molar-refractivity contribution in [2.24, 2.45) is 11.7 Å². The average Bonchev–Trinajstić information content (AvgIpc) is 2.63. The molecule has 1 saturated carbocycles. The third-order valence-electron chi connectivity index (χ3n) is 1.55. The van der Waals surface area contributed by atoms with E-state index >= 15 is 0 Å². The van der Waals surface area contributed by atoms with Crippen molar-refractivity contribution in [2.45, 2.75) is 12.8 Å². The van der Waals surface area contributed by atoms with E-state index in [9.17, 15) is 14.9 Å². The lowest BCUT2D eigenvalue weighted by atomic mass is 10.2. The molecule has 5 heteroatoms. The van der Waals surface area contributed by atoms with Crippen LogP contribution >= 0.6 is 0 Å². The molecule has 5 nitrogen and oxygen atoms in total. The number of nitrogens with zero attached hydrogens (tertiary/aromatic N) is 1. The van der Waals surface area contributed by atoms with Gasteiger partial charge in [0.1, 0.15) is 0 Å². The van der Waals surface area contributed by atoms with Crippen LogP contribution in [0.4, 0.5) is 0 Å². The van der Waals surface area contributed by atoms with Crippen LogP contribution in [0.2, 0.25) is 0 Å². The molecule has 1 aliphatic carbocycles. The van der Waals surface area contributed by atoms with Crippen LogP contribution in [-0.2, 0) is 4.79 Å². The molecule has 1 rings (SSSR count). The first-order valence-electron chi connectivity index (χ1n) is 3.26. The average molecular weight is 156 g/mol. The van der Waals surface area contributed by atoms with Gasteiger partial charge in [0.25, 0.3) is 5.91 Å². The number of carbonyl (C=O) groups is 1. The molecule has 0 spiro atoms. The summed E-state index contributed by atoms with van der Waals surface area (Å²) in [4.78, 5) is 19.9. The van der Waals surface area contributed by atoms with Crippen LogP contribution in [0.1, 0.15) is 12.8 Å². The number of carbonyl (C=O) groups excluding carboxylic acids is 1. The molecule has 0 heterocycles. The standard InChI is InChI=1S/C6H8N2O3/c7-6(9)5(3-8(10)11)4-1-2-4/h3-4H,1-2H2,(H2,7,9). The van der Waals surface area contributed by atoms with E-state index < -0.39 is 10.8 Å². The monoisotopic (exact) mass is 156 g/mol. The van der Waals surface area contributed by atoms with Crippen molar-refractivity contribution in [1.29, 1.82) is 0 Å². The van der Waals surface area contributed by atoms with Crippen molar-refractivity contribution < 1.29 is 9.72 Å². The van der Waals surface area contributed by atoms with Gasteiger partial charge in [-0.1, -0.05) is 0 Å². The van der Waals surface area contributed by atoms with Gasteiger partial charge in [0.15, 0.2) is 0 Å². The summed E-state index contributed by atoms with van der Waals surface area (Å²) in [6, 6.07) is 0. The summed E-state index contributed by atoms with van der Waals surface area (Å²) in [5.74, 6) is -0.637. The molecule has 0 atom stereocenters. The van der Waals surface area contributed by atoms with Gasteiger partial charge in [-0.3, -0.25) is 14.9 Å². The van der Waals surface area contributed by atoms with E-state index in [-0.39, 0.29) is 11.5 Å². The second-order valence-corrected chi connectivity index (χ2v) is 2.51. The molecule has 0 bridgehead atoms. The number of nitrogens with two attached hydrogens (primary N) is 1. The molecule has 11 heavy (non-hydrogen) atoms. The molecule has 0 aromatic carbocycles. The lowest BCUT2D eigenvalue weighted by Gasteiger charge is -1.93. The summed E-state index contributed by atoms with van der Waals surface area (Å²) in [5, 5.41) is 9.97. The molecule has 0 radical (unpaired) electrons. The number of hydrogen-bond donors (Lipinski definition) is 1. The molecule has 1 amide bonds. The Balaban J connectivity index is 2.73. The Hall–Kier alpha value is -1.39. The van der Waals surface area contributed by atoms with Crippen molar-refractivity contribution in [2.75, 3.05) is 0 Å². The molecule has 60 valence electrons. The summed E-state index contributed by atoms with van der Waals surface area (Å²) in [7, 11) is 0. The number of hydrogen-bond acceptors (Lipinski definition) is 3. The molecule has 0 aromatic heterocycles. The Morgan fingerprint density at radius 3 is 2.45 bits per heavy atom. The Morgan fingerprint density at radius 1 is 1.64 bits per heavy atom. The lowest BCUT2D eigenvalue weighted by Crippen LogP contribution is -2.16. The second-order valence-electron chi connectivity index (χ2n) is 2.51. The van der Waals surface area contributed by atoms with Crippen molar-refractivity contribution >= 4 is 5.91 Å². The van der Waals surface area contributed by atoms with Crippen LogP contribution < -0.4 is 5.73 Å². The van der Waals surface area contributed by atoms with E-state index in [1.54, 1.807) is 0 Å². The summed E-state index contributed by atoms with van der Waals surface area (Å²) in [6.07, 6.45) is 2.38. The van der Waals surface area contributed by atoms with Gasteiger partial charge in [0.2, 0.25) is 6.20 Å². The van der Waals surface area contributed by atoms with Crippen LogP contribution in [-0.4, -0.2) is 10.8 Å². The third-order valence-corrected chi connectivity index (χ3v) is 1.55. The summed E-state index contributed by atoms with van der Waals surface area (Å²) < 4.78 is 0. The van der Waals surface area contributed by atoms with E-state index in [0.29, 0.717) is 6.20 Å². The Kier molecular flexibility index (Phi) is 1.89. The zero-order valence-corrected chi connectivity index (χ0v) is 5.82. The molecular weight excluding hydrogens is 148 g/mol. The normalized spacial score (nSPS) is 18.0. The quantitative estimate of drug-likeness (QED) is 0.355. The van der Waals surface area contributed by atoms with Crippen LogP contribution in [0.3, 0.4) is 0 Å². The smallest absolute Gasteiger partial charge is 0.251 e. The zero-order chi connectivity index (χ0) is 8.43. The zero-order valence-electron chi connectivity index (χ0n) is 5.82. The molecule has 1 aliphatic rings. The maximum absolute atomic E-state index is 10.6. The fourth-order valence-electron chi connectivity index (χ4n) is 0.878. The largest absolute Gasteiger partial charge is 0.366 e. The Bertz CT molecular complexity index is 230. The predicted octanol–water partition coefficient (Wildman–Crippen LogP) is 0.0423. The second kappa shape index (κ2) is 2.69. The number of rotatable bonds is 3. The highest BCUT2D eigenvalue weighted by Crippen LogP contribution is 2.36. The first-order valence-corrected chi connectivity index (χ1v) is 3.26. The molecule has 0 aromatic rings. The van der Waals surface area contributed by atoms with Gasteiger partial charge in [-0.15, -0.1) is 0 Å². The topological polar surface area (TPSA) is 86.2 Å². The highest BCUT2D eigenvalue weighted by Gasteiger charge is 2.31. The van der Waals surface area contributed by atoms with Crippen molar-refractivity contribution in [3.05, 3.63) is 21.9 Å². The molecular formula is C6H8N2O3. The summed E-state index contributed by atoms with van der Waals surface area (Å²) in [6.45, 7) is 0. The first kappa shape index (κ1) is 7.71. The number of primary amides is 1. The van der Waals surface area contributed by atoms with E-state index in [0.717, 1.165) is 12.8 Å². The minimum atomic E-state index is -0.677. The van der Waals surface area contributed by atoms with Gasteiger partial charge in [0.05, 0.1) is 10.5 Å². The minimum Gasteiger partial charge on any atom is -0.366 e. The van der Waals surface area contributed by atoms with Crippen LogP contribution in [0.15, 0.2) is 11.8 Å². The molecule has 0 saturated heterocycles. The summed E-state index contributed by atoms with van der Waals surface area (Å²) >= 11 is 0. The SMILES string of the molecule is NC(=O)C(=C[N+](=O)[O-])C1CC1. The van der Waals surface area contributed by atoms with E-state index in [1.165, 1.54) is 0 Å². The fourth-order valence-corrected chi connectivity index (χ4v) is 0.878. The Labute approximate surface area is 63.0 Å². The van der Waals surface area contributed by atoms with Gasteiger partial charge >= 0.3 is 0 Å². The van der Waals surface area contributed by atoms with E-state index in [1.807, 2.05) is 0 Å². The number of amides is 1. The van der Waals surface area contributed by atoms with E-state index in [2.05, 4.69) is 0 Å². The number of nitro groups is 1. The van der Waals surface area contributed by atoms with Crippen LogP contribution in [0.5, 0.6) is 0 Å². The Morgan fingerprint density at radius 2 is 2.18 bits per heavy atom. The molecule has 2 N–H and O–H groups in total. The maximum atomic E-state index is 10.6. The molecule has 0 unspecified atom stereocenters. The minimum absolute atomic E-state index is 0.0397. The van der Waals surface area contributed by atoms with Crippen molar-refractivity contribution in [3.63, 3.8) is 0 Å². The van der Waals surface area contributed by atoms with Crippen molar-refractivity contribution in [1.82, 2.24) is 0 Å². The first-order chi connectivity index (χ1) is 5.11. The molecule has 1 fully saturated rings. The van der Waals surface area contributed by atoms with Crippen LogP contribution in [0, 0.1) is 16.0 Å². The van der Waals surface area contributed by atoms with Gasteiger partial charge in [-0.2, -0.15) is 0 Å². The van der Waals surface area contributed by atoms with Crippen molar-refractivity contribution in [3.8, 4) is 0 Å². The highest BCUT2D eigenvalue weighted by atomic mass is 16.6. The lowest BCUT2D eigenvalue weighted by molar-refractivity contribution is -0.403. The van der Waals surface area contributed by atoms with E-state index in [4.69, 9.17) is 5.73 Å². The maximum Gasteiger partial charge on any atom is 0.251 e. The van der Waals surface area contributed by atoms with Gasteiger partial charge in [-0.25, -0.2) is 0 Å². The van der Waals surface area contributed by atoms with Crippen LogP contribution in [0.25, 0.3) is 0 Å². The van der Waals surface area contributed by atoms with Gasteiger partial charge < -0.3 is 5.73 Å². The van der Waals surface area contributed by atoms with Gasteiger partial charge in [-0.05, 0) is 18.8 Å². The summed E-state index contributed by atoms with van der Waals surface area (Å²) in [5.41, 5.74) is 5.06.